The number of rotatable bonds is 2. The summed E-state index contributed by atoms with van der Waals surface area (Å²) in [6, 6.07) is 9.09. The lowest BCUT2D eigenvalue weighted by molar-refractivity contribution is 1.10. The summed E-state index contributed by atoms with van der Waals surface area (Å²) in [5.74, 6) is 0. The quantitative estimate of drug-likeness (QED) is 0.831. The number of fused-ring (bicyclic) bond motifs is 1. The van der Waals surface area contributed by atoms with E-state index in [1.165, 1.54) is 6.20 Å². The highest BCUT2D eigenvalue weighted by molar-refractivity contribution is 9.10. The fourth-order valence-electron chi connectivity index (χ4n) is 1.31. The lowest BCUT2D eigenvalue weighted by Crippen LogP contribution is -1.89. The SMILES string of the molecule is N#CC(C#N)=CNc1ccc2c(Br)[nH]nc2c1. The van der Waals surface area contributed by atoms with Gasteiger partial charge in [-0.1, -0.05) is 0 Å². The Kier molecular flexibility index (Phi) is 3.08. The van der Waals surface area contributed by atoms with Crippen LogP contribution in [-0.2, 0) is 0 Å². The largest absolute Gasteiger partial charge is 0.360 e. The van der Waals surface area contributed by atoms with Crippen LogP contribution in [0.2, 0.25) is 0 Å². The van der Waals surface area contributed by atoms with Crippen molar-refractivity contribution in [3.63, 3.8) is 0 Å². The van der Waals surface area contributed by atoms with E-state index in [-0.39, 0.29) is 5.57 Å². The van der Waals surface area contributed by atoms with Crippen molar-refractivity contribution in [3.05, 3.63) is 34.6 Å². The van der Waals surface area contributed by atoms with Crippen LogP contribution in [0.4, 0.5) is 5.69 Å². The molecule has 17 heavy (non-hydrogen) atoms. The van der Waals surface area contributed by atoms with E-state index >= 15 is 0 Å². The second-order valence-corrected chi connectivity index (χ2v) is 3.99. The van der Waals surface area contributed by atoms with Gasteiger partial charge in [0, 0.05) is 17.3 Å². The first-order chi connectivity index (χ1) is 8.24. The van der Waals surface area contributed by atoms with Crippen molar-refractivity contribution in [1.29, 1.82) is 10.5 Å². The highest BCUT2D eigenvalue weighted by atomic mass is 79.9. The Bertz CT molecular complexity index is 655. The Morgan fingerprint density at radius 1 is 1.41 bits per heavy atom. The van der Waals surface area contributed by atoms with Crippen molar-refractivity contribution < 1.29 is 0 Å². The van der Waals surface area contributed by atoms with Gasteiger partial charge in [0.05, 0.1) is 5.52 Å². The Balaban J connectivity index is 2.30. The van der Waals surface area contributed by atoms with Crippen molar-refractivity contribution >= 4 is 32.5 Å². The van der Waals surface area contributed by atoms with Crippen molar-refractivity contribution in [2.24, 2.45) is 0 Å². The molecule has 1 heterocycles. The fraction of sp³-hybridized carbons (Fsp3) is 0. The molecule has 0 saturated heterocycles. The number of H-pyrrole nitrogens is 1. The normalized spacial score (nSPS) is 9.35. The first-order valence-electron chi connectivity index (χ1n) is 4.65. The average molecular weight is 288 g/mol. The molecule has 0 aliphatic carbocycles. The Hall–Kier alpha value is -2.31. The van der Waals surface area contributed by atoms with Gasteiger partial charge in [0.2, 0.25) is 0 Å². The van der Waals surface area contributed by atoms with Gasteiger partial charge in [0.25, 0.3) is 0 Å². The lowest BCUT2D eigenvalue weighted by Gasteiger charge is -1.99. The van der Waals surface area contributed by atoms with E-state index in [1.807, 2.05) is 18.2 Å². The van der Waals surface area contributed by atoms with Crippen LogP contribution in [0.1, 0.15) is 0 Å². The number of aromatic nitrogens is 2. The topological polar surface area (TPSA) is 88.3 Å². The minimum Gasteiger partial charge on any atom is -0.360 e. The highest BCUT2D eigenvalue weighted by Crippen LogP contribution is 2.23. The Labute approximate surface area is 105 Å². The maximum atomic E-state index is 8.57. The van der Waals surface area contributed by atoms with E-state index in [0.29, 0.717) is 0 Å². The molecule has 0 spiro atoms. The van der Waals surface area contributed by atoms with Crippen LogP contribution in [0.15, 0.2) is 34.6 Å². The molecule has 0 aliphatic rings. The molecule has 0 saturated carbocycles. The third-order valence-electron chi connectivity index (χ3n) is 2.13. The number of aromatic amines is 1. The van der Waals surface area contributed by atoms with E-state index in [2.05, 4.69) is 31.4 Å². The molecule has 2 N–H and O–H groups in total. The number of benzene rings is 1. The van der Waals surface area contributed by atoms with Gasteiger partial charge in [-0.3, -0.25) is 5.10 Å². The van der Waals surface area contributed by atoms with Crippen LogP contribution in [0, 0.1) is 22.7 Å². The van der Waals surface area contributed by atoms with Gasteiger partial charge in [-0.2, -0.15) is 15.6 Å². The maximum Gasteiger partial charge on any atom is 0.145 e. The first kappa shape index (κ1) is 11.2. The van der Waals surface area contributed by atoms with Crippen LogP contribution < -0.4 is 5.32 Å². The van der Waals surface area contributed by atoms with E-state index in [4.69, 9.17) is 10.5 Å². The number of nitrogens with one attached hydrogen (secondary N) is 2. The minimum absolute atomic E-state index is 0.0216. The number of nitriles is 2. The summed E-state index contributed by atoms with van der Waals surface area (Å²) in [5, 5.41) is 27.9. The molecule has 1 aromatic carbocycles. The fourth-order valence-corrected chi connectivity index (χ4v) is 1.74. The predicted octanol–water partition coefficient (Wildman–Crippen LogP) is 2.67. The van der Waals surface area contributed by atoms with Gasteiger partial charge in [-0.15, -0.1) is 0 Å². The van der Waals surface area contributed by atoms with Crippen molar-refractivity contribution in [1.82, 2.24) is 10.2 Å². The number of halogens is 1. The first-order valence-corrected chi connectivity index (χ1v) is 5.44. The zero-order chi connectivity index (χ0) is 12.3. The molecule has 2 rings (SSSR count). The van der Waals surface area contributed by atoms with Gasteiger partial charge >= 0.3 is 0 Å². The molecule has 0 unspecified atom stereocenters. The molecule has 0 amide bonds. The van der Waals surface area contributed by atoms with Crippen LogP contribution >= 0.6 is 15.9 Å². The predicted molar refractivity (Wildman–Crippen MR) is 66.7 cm³/mol. The summed E-state index contributed by atoms with van der Waals surface area (Å²) >= 11 is 3.34. The van der Waals surface area contributed by atoms with Crippen LogP contribution in [0.25, 0.3) is 10.9 Å². The second-order valence-electron chi connectivity index (χ2n) is 3.20. The second kappa shape index (κ2) is 4.69. The third kappa shape index (κ3) is 2.27. The molecular formula is C11H6BrN5. The molecule has 82 valence electrons. The summed E-state index contributed by atoms with van der Waals surface area (Å²) in [5.41, 5.74) is 1.58. The molecule has 0 bridgehead atoms. The van der Waals surface area contributed by atoms with Gasteiger partial charge in [0.15, 0.2) is 0 Å². The molecule has 1 aromatic heterocycles. The summed E-state index contributed by atoms with van der Waals surface area (Å²) in [6.45, 7) is 0. The summed E-state index contributed by atoms with van der Waals surface area (Å²) < 4.78 is 0.823. The van der Waals surface area contributed by atoms with E-state index in [0.717, 1.165) is 21.2 Å². The molecule has 0 atom stereocenters. The Morgan fingerprint density at radius 3 is 2.88 bits per heavy atom. The van der Waals surface area contributed by atoms with Crippen molar-refractivity contribution in [2.45, 2.75) is 0 Å². The van der Waals surface area contributed by atoms with Gasteiger partial charge in [-0.25, -0.2) is 0 Å². The smallest absolute Gasteiger partial charge is 0.145 e. The maximum absolute atomic E-state index is 8.57. The number of hydrogen-bond acceptors (Lipinski definition) is 4. The van der Waals surface area contributed by atoms with Crippen LogP contribution in [-0.4, -0.2) is 10.2 Å². The van der Waals surface area contributed by atoms with E-state index < -0.39 is 0 Å². The minimum atomic E-state index is 0.0216. The molecule has 0 fully saturated rings. The summed E-state index contributed by atoms with van der Waals surface area (Å²) in [6.07, 6.45) is 1.36. The highest BCUT2D eigenvalue weighted by Gasteiger charge is 2.02. The number of allylic oxidation sites excluding steroid dienone is 1. The molecule has 5 nitrogen and oxygen atoms in total. The van der Waals surface area contributed by atoms with Crippen LogP contribution in [0.3, 0.4) is 0 Å². The summed E-state index contributed by atoms with van der Waals surface area (Å²) in [4.78, 5) is 0. The van der Waals surface area contributed by atoms with Gasteiger partial charge < -0.3 is 5.32 Å². The average Bonchev–Trinajstić information content (AvgIpc) is 2.72. The standard InChI is InChI=1S/C11H6BrN5/c12-11-9-2-1-8(3-10(9)16-17-11)15-6-7(4-13)5-14/h1-3,6,15H,(H,16,17). The molecule has 0 aliphatic heterocycles. The molecule has 2 aromatic rings. The van der Waals surface area contributed by atoms with Crippen LogP contribution in [0.5, 0.6) is 0 Å². The molecular weight excluding hydrogens is 282 g/mol. The monoisotopic (exact) mass is 287 g/mol. The Morgan fingerprint density at radius 2 is 2.18 bits per heavy atom. The molecule has 0 radical (unpaired) electrons. The summed E-state index contributed by atoms with van der Waals surface area (Å²) in [7, 11) is 0. The van der Waals surface area contributed by atoms with E-state index in [9.17, 15) is 0 Å². The van der Waals surface area contributed by atoms with Gasteiger partial charge in [0.1, 0.15) is 22.3 Å². The zero-order valence-corrected chi connectivity index (χ0v) is 10.1. The van der Waals surface area contributed by atoms with Gasteiger partial charge in [-0.05, 0) is 34.1 Å². The van der Waals surface area contributed by atoms with Crippen molar-refractivity contribution in [3.8, 4) is 12.1 Å². The number of anilines is 1. The molecule has 6 heteroatoms. The van der Waals surface area contributed by atoms with E-state index in [1.54, 1.807) is 12.1 Å². The lowest BCUT2D eigenvalue weighted by atomic mass is 10.2. The van der Waals surface area contributed by atoms with Crippen molar-refractivity contribution in [2.75, 3.05) is 5.32 Å². The third-order valence-corrected chi connectivity index (χ3v) is 2.74. The number of hydrogen-bond donors (Lipinski definition) is 2. The number of nitrogens with zero attached hydrogens (tertiary/aromatic N) is 3. The zero-order valence-electron chi connectivity index (χ0n) is 8.53.